The fourth-order valence-corrected chi connectivity index (χ4v) is 5.04. The van der Waals surface area contributed by atoms with Gasteiger partial charge in [-0.1, -0.05) is 12.1 Å². The summed E-state index contributed by atoms with van der Waals surface area (Å²) >= 11 is 1.65. The van der Waals surface area contributed by atoms with E-state index in [0.717, 1.165) is 57.4 Å². The molecule has 1 unspecified atom stereocenters. The van der Waals surface area contributed by atoms with Crippen LogP contribution in [0.4, 0.5) is 17.6 Å². The highest BCUT2D eigenvalue weighted by Crippen LogP contribution is 2.38. The first-order valence-corrected chi connectivity index (χ1v) is 10.9. The zero-order chi connectivity index (χ0) is 20.5. The lowest BCUT2D eigenvalue weighted by Crippen LogP contribution is -2.19. The third-order valence-electron chi connectivity index (χ3n) is 5.49. The number of nitrogens with zero attached hydrogens (tertiary/aromatic N) is 4. The summed E-state index contributed by atoms with van der Waals surface area (Å²) in [7, 11) is 0. The van der Waals surface area contributed by atoms with Gasteiger partial charge < -0.3 is 15.7 Å². The number of nitrogens with one attached hydrogen (secondary N) is 3. The van der Waals surface area contributed by atoms with E-state index in [4.69, 9.17) is 9.97 Å². The molecular weight excluding hydrogens is 398 g/mol. The smallest absolute Gasteiger partial charge is 0.230 e. The molecule has 1 aliphatic carbocycles. The predicted molar refractivity (Wildman–Crippen MR) is 119 cm³/mol. The number of para-hydroxylation sites is 1. The Bertz CT molecular complexity index is 1120. The van der Waals surface area contributed by atoms with E-state index in [9.17, 15) is 5.11 Å². The van der Waals surface area contributed by atoms with E-state index in [-0.39, 0.29) is 12.6 Å². The first kappa shape index (κ1) is 19.0. The Labute approximate surface area is 177 Å². The fourth-order valence-electron chi connectivity index (χ4n) is 3.98. The van der Waals surface area contributed by atoms with Gasteiger partial charge in [-0.05, 0) is 44.2 Å². The van der Waals surface area contributed by atoms with E-state index < -0.39 is 0 Å². The summed E-state index contributed by atoms with van der Waals surface area (Å²) in [6.45, 7) is 2.22. The molecule has 4 N–H and O–H groups in total. The zero-order valence-corrected chi connectivity index (χ0v) is 17.4. The van der Waals surface area contributed by atoms with Crippen molar-refractivity contribution in [3.05, 3.63) is 42.2 Å². The summed E-state index contributed by atoms with van der Waals surface area (Å²) in [6, 6.07) is 10.2. The van der Waals surface area contributed by atoms with Crippen molar-refractivity contribution in [2.45, 2.75) is 32.2 Å². The first-order chi connectivity index (χ1) is 14.7. The van der Waals surface area contributed by atoms with Crippen molar-refractivity contribution >= 4 is 39.1 Å². The van der Waals surface area contributed by atoms with E-state index in [1.54, 1.807) is 17.5 Å². The van der Waals surface area contributed by atoms with Gasteiger partial charge in [-0.3, -0.25) is 5.10 Å². The van der Waals surface area contributed by atoms with Gasteiger partial charge >= 0.3 is 0 Å². The van der Waals surface area contributed by atoms with Gasteiger partial charge in [-0.2, -0.15) is 10.1 Å². The molecular formula is C21H23N7OS. The second kappa shape index (κ2) is 8.00. The van der Waals surface area contributed by atoms with Crippen LogP contribution < -0.4 is 10.6 Å². The maximum absolute atomic E-state index is 9.51. The molecule has 2 atom stereocenters. The molecule has 1 aliphatic rings. The number of H-pyrrole nitrogens is 1. The van der Waals surface area contributed by atoms with Crippen LogP contribution in [0, 0.1) is 12.8 Å². The van der Waals surface area contributed by atoms with Crippen molar-refractivity contribution in [2.24, 2.45) is 5.92 Å². The number of hydrogen-bond acceptors (Lipinski definition) is 8. The standard InChI is InChI=1S/C21H23N7OS/c1-12-18(20-25-15-4-2-3-5-16(15)30-20)19(24-14-7-6-13(10-14)11-29)27-21(23-12)26-17-8-9-22-28-17/h2-5,8-9,13-14,29H,6-7,10-11H2,1H3,(H3,22,23,24,26,27,28)/t13?,14-/m0/s1. The average Bonchev–Trinajstić information content (AvgIpc) is 3.48. The Morgan fingerprint density at radius 1 is 1.17 bits per heavy atom. The SMILES string of the molecule is Cc1nc(Nc2ccn[nH]2)nc(N[C@H]2CCC(CO)C2)c1-c1nc2ccccc2s1. The summed E-state index contributed by atoms with van der Waals surface area (Å²) < 4.78 is 1.14. The van der Waals surface area contributed by atoms with Gasteiger partial charge in [0.05, 0.1) is 27.7 Å². The van der Waals surface area contributed by atoms with Gasteiger partial charge in [0.2, 0.25) is 5.95 Å². The van der Waals surface area contributed by atoms with Gasteiger partial charge in [0.1, 0.15) is 16.6 Å². The lowest BCUT2D eigenvalue weighted by Gasteiger charge is -2.18. The van der Waals surface area contributed by atoms with Crippen LogP contribution in [0.5, 0.6) is 0 Å². The molecule has 1 fully saturated rings. The van der Waals surface area contributed by atoms with Crippen molar-refractivity contribution in [1.82, 2.24) is 25.1 Å². The molecule has 1 aromatic carbocycles. The topological polar surface area (TPSA) is 112 Å². The number of aliphatic hydroxyl groups excluding tert-OH is 1. The quantitative estimate of drug-likeness (QED) is 0.371. The first-order valence-electron chi connectivity index (χ1n) is 10.1. The molecule has 0 aliphatic heterocycles. The number of rotatable bonds is 6. The molecule has 0 saturated heterocycles. The third kappa shape index (κ3) is 3.73. The molecule has 5 rings (SSSR count). The molecule has 0 radical (unpaired) electrons. The number of anilines is 3. The van der Waals surface area contributed by atoms with Crippen LogP contribution in [0.2, 0.25) is 0 Å². The molecule has 3 heterocycles. The summed E-state index contributed by atoms with van der Waals surface area (Å²) in [5, 5.41) is 24.1. The minimum Gasteiger partial charge on any atom is -0.396 e. The number of hydrogen-bond donors (Lipinski definition) is 4. The Morgan fingerprint density at radius 2 is 2.07 bits per heavy atom. The molecule has 3 aromatic heterocycles. The van der Waals surface area contributed by atoms with Gasteiger partial charge in [-0.25, -0.2) is 9.97 Å². The maximum atomic E-state index is 9.51. The van der Waals surface area contributed by atoms with Gasteiger partial charge in [0, 0.05) is 18.7 Å². The Kier molecular flexibility index (Phi) is 5.06. The second-order valence-electron chi connectivity index (χ2n) is 7.64. The van der Waals surface area contributed by atoms with Gasteiger partial charge in [0.15, 0.2) is 0 Å². The summed E-state index contributed by atoms with van der Waals surface area (Å²) in [5.41, 5.74) is 2.76. The minimum absolute atomic E-state index is 0.234. The zero-order valence-electron chi connectivity index (χ0n) is 16.6. The van der Waals surface area contributed by atoms with Crippen LogP contribution >= 0.6 is 11.3 Å². The molecule has 154 valence electrons. The number of benzene rings is 1. The normalized spacial score (nSPS) is 18.7. The molecule has 4 aromatic rings. The Balaban J connectivity index is 1.55. The van der Waals surface area contributed by atoms with E-state index in [1.807, 2.05) is 31.2 Å². The predicted octanol–water partition coefficient (Wildman–Crippen LogP) is 4.10. The number of aliphatic hydroxyl groups is 1. The number of fused-ring (bicyclic) bond motifs is 1. The largest absolute Gasteiger partial charge is 0.396 e. The fraction of sp³-hybridized carbons (Fsp3) is 0.333. The lowest BCUT2D eigenvalue weighted by molar-refractivity contribution is 0.229. The van der Waals surface area contributed by atoms with Crippen molar-refractivity contribution in [2.75, 3.05) is 17.2 Å². The van der Waals surface area contributed by atoms with E-state index >= 15 is 0 Å². The minimum atomic E-state index is 0.234. The number of aromatic nitrogens is 5. The highest BCUT2D eigenvalue weighted by Gasteiger charge is 2.26. The average molecular weight is 422 g/mol. The molecule has 8 nitrogen and oxygen atoms in total. The second-order valence-corrected chi connectivity index (χ2v) is 8.67. The van der Waals surface area contributed by atoms with Crippen LogP contribution in [-0.4, -0.2) is 42.9 Å². The van der Waals surface area contributed by atoms with Crippen LogP contribution in [0.1, 0.15) is 25.0 Å². The lowest BCUT2D eigenvalue weighted by atomic mass is 10.1. The summed E-state index contributed by atoms with van der Waals surface area (Å²) in [4.78, 5) is 14.3. The molecule has 9 heteroatoms. The van der Waals surface area contributed by atoms with E-state index in [2.05, 4.69) is 31.9 Å². The maximum Gasteiger partial charge on any atom is 0.230 e. The highest BCUT2D eigenvalue weighted by atomic mass is 32.1. The molecule has 0 spiro atoms. The number of aromatic amines is 1. The van der Waals surface area contributed by atoms with Crippen LogP contribution in [-0.2, 0) is 0 Å². The summed E-state index contributed by atoms with van der Waals surface area (Å²) in [5.74, 6) is 2.35. The highest BCUT2D eigenvalue weighted by molar-refractivity contribution is 7.21. The number of aryl methyl sites for hydroxylation is 1. The van der Waals surface area contributed by atoms with Crippen molar-refractivity contribution in [1.29, 1.82) is 0 Å². The van der Waals surface area contributed by atoms with E-state index in [1.165, 1.54) is 0 Å². The molecule has 0 amide bonds. The van der Waals surface area contributed by atoms with Gasteiger partial charge in [0.25, 0.3) is 0 Å². The third-order valence-corrected chi connectivity index (χ3v) is 6.54. The van der Waals surface area contributed by atoms with Crippen LogP contribution in [0.3, 0.4) is 0 Å². The van der Waals surface area contributed by atoms with Gasteiger partial charge in [-0.15, -0.1) is 11.3 Å². The van der Waals surface area contributed by atoms with Crippen LogP contribution in [0.15, 0.2) is 36.5 Å². The molecule has 1 saturated carbocycles. The Hall–Kier alpha value is -3.04. The monoisotopic (exact) mass is 421 g/mol. The van der Waals surface area contributed by atoms with Crippen molar-refractivity contribution in [3.8, 4) is 10.6 Å². The van der Waals surface area contributed by atoms with Crippen molar-refractivity contribution < 1.29 is 5.11 Å². The molecule has 30 heavy (non-hydrogen) atoms. The van der Waals surface area contributed by atoms with Crippen LogP contribution in [0.25, 0.3) is 20.8 Å². The van der Waals surface area contributed by atoms with Crippen molar-refractivity contribution in [3.63, 3.8) is 0 Å². The number of thiazole rings is 1. The Morgan fingerprint density at radius 3 is 2.83 bits per heavy atom. The summed E-state index contributed by atoms with van der Waals surface area (Å²) in [6.07, 6.45) is 4.64. The molecule has 0 bridgehead atoms. The van der Waals surface area contributed by atoms with E-state index in [0.29, 0.717) is 11.9 Å².